The lowest BCUT2D eigenvalue weighted by molar-refractivity contribution is -0.127. The van der Waals surface area contributed by atoms with Crippen molar-refractivity contribution in [1.29, 1.82) is 0 Å². The number of nitrogens with zero attached hydrogens (tertiary/aromatic N) is 3. The van der Waals surface area contributed by atoms with Crippen molar-refractivity contribution in [3.63, 3.8) is 0 Å². The molecule has 11 heteroatoms. The highest BCUT2D eigenvalue weighted by atomic mass is 19.4. The van der Waals surface area contributed by atoms with Crippen LogP contribution >= 0.6 is 0 Å². The van der Waals surface area contributed by atoms with Crippen LogP contribution < -0.4 is 0 Å². The maximum atomic E-state index is 14.1. The highest BCUT2D eigenvalue weighted by Crippen LogP contribution is 2.36. The van der Waals surface area contributed by atoms with Crippen molar-refractivity contribution >= 4 is 10.9 Å². The van der Waals surface area contributed by atoms with E-state index in [2.05, 4.69) is 20.1 Å². The standard InChI is InChI=1S/C28H23F4N5O2/c29-21-11-20(17(10-25(21)39)12-28(30,31)32)16-3-6-19-23(9-16)35-36-26(19)27-33-22-7-8-37(14-24(22)34-27)13-15-1-4-18(38)5-2-15/h1-6,9-11,38-39H,7-8,12-14H2,(H,33,34)(H,35,36). The second kappa shape index (κ2) is 9.42. The normalized spacial score (nSPS) is 14.2. The Labute approximate surface area is 219 Å². The van der Waals surface area contributed by atoms with E-state index in [1.54, 1.807) is 30.3 Å². The van der Waals surface area contributed by atoms with Crippen LogP contribution in [0.3, 0.4) is 0 Å². The summed E-state index contributed by atoms with van der Waals surface area (Å²) >= 11 is 0. The molecule has 5 aromatic rings. The number of halogens is 4. The molecule has 0 aliphatic carbocycles. The van der Waals surface area contributed by atoms with Gasteiger partial charge in [0, 0.05) is 31.4 Å². The Kier molecular flexibility index (Phi) is 6.02. The van der Waals surface area contributed by atoms with Gasteiger partial charge >= 0.3 is 6.18 Å². The number of phenolic OH excluding ortho intramolecular Hbond substituents is 2. The predicted molar refractivity (Wildman–Crippen MR) is 136 cm³/mol. The number of hydrogen-bond donors (Lipinski definition) is 4. The van der Waals surface area contributed by atoms with E-state index in [1.807, 2.05) is 12.1 Å². The Morgan fingerprint density at radius 2 is 1.79 bits per heavy atom. The fourth-order valence-electron chi connectivity index (χ4n) is 5.06. The molecular weight excluding hydrogens is 514 g/mol. The molecule has 0 amide bonds. The fraction of sp³-hybridized carbons (Fsp3) is 0.214. The number of alkyl halides is 3. The first-order valence-corrected chi connectivity index (χ1v) is 12.3. The minimum absolute atomic E-state index is 0.0443. The molecule has 0 saturated heterocycles. The van der Waals surface area contributed by atoms with Crippen molar-refractivity contribution in [1.82, 2.24) is 25.1 Å². The molecule has 6 rings (SSSR count). The Balaban J connectivity index is 1.28. The van der Waals surface area contributed by atoms with E-state index in [4.69, 9.17) is 4.98 Å². The molecule has 200 valence electrons. The van der Waals surface area contributed by atoms with E-state index >= 15 is 0 Å². The van der Waals surface area contributed by atoms with Crippen molar-refractivity contribution < 1.29 is 27.8 Å². The molecule has 2 aromatic heterocycles. The summed E-state index contributed by atoms with van der Waals surface area (Å²) in [6.45, 7) is 2.23. The first kappa shape index (κ1) is 24.9. The van der Waals surface area contributed by atoms with Gasteiger partial charge in [0.25, 0.3) is 0 Å². The molecule has 39 heavy (non-hydrogen) atoms. The van der Waals surface area contributed by atoms with Crippen LogP contribution in [0.4, 0.5) is 17.6 Å². The molecule has 3 aromatic carbocycles. The van der Waals surface area contributed by atoms with Crippen LogP contribution in [0.5, 0.6) is 11.5 Å². The van der Waals surface area contributed by atoms with E-state index in [0.29, 0.717) is 34.5 Å². The zero-order valence-electron chi connectivity index (χ0n) is 20.5. The summed E-state index contributed by atoms with van der Waals surface area (Å²) in [7, 11) is 0. The van der Waals surface area contributed by atoms with Crippen molar-refractivity contribution in [3.8, 4) is 34.1 Å². The number of aromatic hydroxyl groups is 2. The quantitative estimate of drug-likeness (QED) is 0.211. The Hall–Kier alpha value is -4.38. The number of aromatic amines is 2. The molecule has 3 heterocycles. The predicted octanol–water partition coefficient (Wildman–Crippen LogP) is 5.83. The average Bonchev–Trinajstić information content (AvgIpc) is 3.50. The number of imidazole rings is 1. The lowest BCUT2D eigenvalue weighted by Crippen LogP contribution is -2.30. The molecule has 0 unspecified atom stereocenters. The van der Waals surface area contributed by atoms with Gasteiger partial charge in [0.2, 0.25) is 0 Å². The number of rotatable bonds is 5. The number of phenols is 2. The third-order valence-corrected chi connectivity index (χ3v) is 6.92. The smallest absolute Gasteiger partial charge is 0.393 e. The van der Waals surface area contributed by atoms with Gasteiger partial charge in [-0.15, -0.1) is 0 Å². The van der Waals surface area contributed by atoms with Crippen LogP contribution in [-0.2, 0) is 25.9 Å². The third kappa shape index (κ3) is 5.05. The lowest BCUT2D eigenvalue weighted by Gasteiger charge is -2.25. The second-order valence-corrected chi connectivity index (χ2v) is 9.72. The van der Waals surface area contributed by atoms with Gasteiger partial charge in [0.1, 0.15) is 11.4 Å². The van der Waals surface area contributed by atoms with Crippen LogP contribution in [0.15, 0.2) is 54.6 Å². The molecular formula is C28H23F4N5O2. The van der Waals surface area contributed by atoms with Gasteiger partial charge in [-0.2, -0.15) is 18.3 Å². The number of nitrogens with one attached hydrogen (secondary N) is 2. The van der Waals surface area contributed by atoms with Crippen LogP contribution in [0.1, 0.15) is 22.5 Å². The van der Waals surface area contributed by atoms with E-state index in [1.165, 1.54) is 0 Å². The molecule has 0 bridgehead atoms. The molecule has 1 aliphatic rings. The zero-order valence-corrected chi connectivity index (χ0v) is 20.5. The van der Waals surface area contributed by atoms with Gasteiger partial charge in [0.05, 0.1) is 23.3 Å². The minimum Gasteiger partial charge on any atom is -0.508 e. The largest absolute Gasteiger partial charge is 0.508 e. The summed E-state index contributed by atoms with van der Waals surface area (Å²) in [5.74, 6) is -1.01. The average molecular weight is 538 g/mol. The SMILES string of the molecule is Oc1ccc(CN2CCc3nc(-c4n[nH]c5cc(-c6cc(F)c(O)cc6CC(F)(F)F)ccc45)[nH]c3C2)cc1. The second-order valence-electron chi connectivity index (χ2n) is 9.72. The third-order valence-electron chi connectivity index (χ3n) is 6.92. The van der Waals surface area contributed by atoms with Crippen LogP contribution in [0.2, 0.25) is 0 Å². The van der Waals surface area contributed by atoms with Crippen LogP contribution in [0, 0.1) is 5.82 Å². The van der Waals surface area contributed by atoms with Gasteiger partial charge in [-0.1, -0.05) is 18.2 Å². The Bertz CT molecular complexity index is 1670. The molecule has 0 atom stereocenters. The summed E-state index contributed by atoms with van der Waals surface area (Å²) in [6.07, 6.45) is -5.07. The van der Waals surface area contributed by atoms with Gasteiger partial charge in [0.15, 0.2) is 17.4 Å². The van der Waals surface area contributed by atoms with Gasteiger partial charge < -0.3 is 15.2 Å². The topological polar surface area (TPSA) is 101 Å². The molecule has 7 nitrogen and oxygen atoms in total. The van der Waals surface area contributed by atoms with E-state index in [0.717, 1.165) is 48.6 Å². The molecule has 0 spiro atoms. The number of aromatic nitrogens is 4. The first-order valence-electron chi connectivity index (χ1n) is 12.3. The zero-order chi connectivity index (χ0) is 27.3. The summed E-state index contributed by atoms with van der Waals surface area (Å²) in [5.41, 5.74) is 4.34. The maximum absolute atomic E-state index is 14.1. The maximum Gasteiger partial charge on any atom is 0.393 e. The first-order chi connectivity index (χ1) is 18.6. The summed E-state index contributed by atoms with van der Waals surface area (Å²) in [5, 5.41) is 27.2. The molecule has 0 fully saturated rings. The summed E-state index contributed by atoms with van der Waals surface area (Å²) < 4.78 is 53.6. The summed E-state index contributed by atoms with van der Waals surface area (Å²) in [6, 6.07) is 13.8. The number of hydrogen-bond acceptors (Lipinski definition) is 5. The lowest BCUT2D eigenvalue weighted by atomic mass is 9.96. The van der Waals surface area contributed by atoms with Crippen molar-refractivity contribution in [2.45, 2.75) is 32.1 Å². The Morgan fingerprint density at radius 3 is 2.56 bits per heavy atom. The molecule has 0 saturated carbocycles. The van der Waals surface area contributed by atoms with Crippen molar-refractivity contribution in [2.24, 2.45) is 0 Å². The van der Waals surface area contributed by atoms with Gasteiger partial charge in [-0.25, -0.2) is 9.37 Å². The number of fused-ring (bicyclic) bond motifs is 2. The minimum atomic E-state index is -4.53. The van der Waals surface area contributed by atoms with Crippen molar-refractivity contribution in [2.75, 3.05) is 6.54 Å². The van der Waals surface area contributed by atoms with E-state index < -0.39 is 24.2 Å². The van der Waals surface area contributed by atoms with E-state index in [-0.39, 0.29) is 16.9 Å². The molecule has 4 N–H and O–H groups in total. The van der Waals surface area contributed by atoms with Crippen molar-refractivity contribution in [3.05, 3.63) is 82.9 Å². The molecule has 1 aliphatic heterocycles. The van der Waals surface area contributed by atoms with Gasteiger partial charge in [-0.3, -0.25) is 10.00 Å². The number of H-pyrrole nitrogens is 2. The van der Waals surface area contributed by atoms with Gasteiger partial charge in [-0.05, 0) is 58.7 Å². The van der Waals surface area contributed by atoms with Crippen LogP contribution in [-0.4, -0.2) is 48.0 Å². The monoisotopic (exact) mass is 537 g/mol. The number of benzene rings is 3. The van der Waals surface area contributed by atoms with Crippen LogP contribution in [0.25, 0.3) is 33.5 Å². The summed E-state index contributed by atoms with van der Waals surface area (Å²) in [4.78, 5) is 10.4. The Morgan fingerprint density at radius 1 is 1.00 bits per heavy atom. The highest BCUT2D eigenvalue weighted by Gasteiger charge is 2.30. The fourth-order valence-corrected chi connectivity index (χ4v) is 5.06. The van der Waals surface area contributed by atoms with E-state index in [9.17, 15) is 27.8 Å². The molecule has 0 radical (unpaired) electrons. The highest BCUT2D eigenvalue weighted by molar-refractivity contribution is 5.94.